The number of aliphatic hydroxyl groups excluding tert-OH is 1. The number of non-ortho nitro benzene ring substituents is 1. The lowest BCUT2D eigenvalue weighted by atomic mass is 9.95. The summed E-state index contributed by atoms with van der Waals surface area (Å²) in [5.41, 5.74) is 0.885. The number of aryl methyl sites for hydroxylation is 1. The van der Waals surface area contributed by atoms with E-state index in [0.29, 0.717) is 16.4 Å². The lowest BCUT2D eigenvalue weighted by Crippen LogP contribution is -2.29. The van der Waals surface area contributed by atoms with Crippen LogP contribution in [0.1, 0.15) is 22.7 Å². The normalized spacial score (nSPS) is 16.8. The van der Waals surface area contributed by atoms with E-state index in [-0.39, 0.29) is 41.6 Å². The number of anilines is 1. The second-order valence-corrected chi connectivity index (χ2v) is 12.9. The highest BCUT2D eigenvalue weighted by Crippen LogP contribution is 2.46. The van der Waals surface area contributed by atoms with Gasteiger partial charge in [-0.25, -0.2) is 13.4 Å². The van der Waals surface area contributed by atoms with Gasteiger partial charge in [-0.1, -0.05) is 70.4 Å². The zero-order valence-corrected chi connectivity index (χ0v) is 24.0. The minimum absolute atomic E-state index is 0.0967. The quantitative estimate of drug-likeness (QED) is 0.0880. The summed E-state index contributed by atoms with van der Waals surface area (Å²) in [6.07, 6.45) is 1.02. The molecule has 10 nitrogen and oxygen atoms in total. The van der Waals surface area contributed by atoms with E-state index in [1.807, 2.05) is 6.92 Å². The Morgan fingerprint density at radius 1 is 1.05 bits per heavy atom. The number of nitro groups is 1. The van der Waals surface area contributed by atoms with Gasteiger partial charge < -0.3 is 5.11 Å². The van der Waals surface area contributed by atoms with Crippen molar-refractivity contribution < 1.29 is 28.0 Å². The molecule has 1 amide bonds. The van der Waals surface area contributed by atoms with Crippen molar-refractivity contribution in [2.45, 2.75) is 22.1 Å². The van der Waals surface area contributed by atoms with E-state index in [0.717, 1.165) is 40.9 Å². The third kappa shape index (κ3) is 5.10. The van der Waals surface area contributed by atoms with Crippen LogP contribution >= 0.6 is 34.5 Å². The first-order valence-electron chi connectivity index (χ1n) is 11.7. The molecule has 0 bridgehead atoms. The van der Waals surface area contributed by atoms with Crippen LogP contribution in [0, 0.1) is 17.0 Å². The van der Waals surface area contributed by atoms with Crippen molar-refractivity contribution in [1.82, 2.24) is 4.98 Å². The highest BCUT2D eigenvalue weighted by molar-refractivity contribution is 7.93. The summed E-state index contributed by atoms with van der Waals surface area (Å²) in [6, 6.07) is 14.1. The van der Waals surface area contributed by atoms with E-state index in [9.17, 15) is 33.2 Å². The van der Waals surface area contributed by atoms with Gasteiger partial charge in [0.15, 0.2) is 5.13 Å². The Kier molecular flexibility index (Phi) is 7.43. The number of rotatable bonds is 6. The zero-order chi connectivity index (χ0) is 29.6. The summed E-state index contributed by atoms with van der Waals surface area (Å²) in [6.45, 7) is 1.85. The van der Waals surface area contributed by atoms with Crippen LogP contribution in [0.15, 0.2) is 87.6 Å². The third-order valence-electron chi connectivity index (χ3n) is 6.33. The number of nitro benzene ring substituents is 1. The highest BCUT2D eigenvalue weighted by atomic mass is 35.5. The number of thiazole rings is 1. The Morgan fingerprint density at radius 2 is 1.71 bits per heavy atom. The molecule has 14 heteroatoms. The Hall–Kier alpha value is -4.10. The third-order valence-corrected chi connectivity index (χ3v) is 10.1. The summed E-state index contributed by atoms with van der Waals surface area (Å²) in [5.74, 6) is -2.52. The number of halogens is 2. The first kappa shape index (κ1) is 28.4. The van der Waals surface area contributed by atoms with Crippen molar-refractivity contribution in [3.8, 4) is 0 Å². The number of Topliss-reactive ketones (excluding diaryl/α,β-unsaturated/α-hetero) is 1. The minimum atomic E-state index is -4.19. The maximum atomic E-state index is 13.4. The summed E-state index contributed by atoms with van der Waals surface area (Å²) in [7, 11) is -4.19. The van der Waals surface area contributed by atoms with Crippen LogP contribution in [-0.4, -0.2) is 35.1 Å². The number of carbonyl (C=O) groups excluding carboxylic acids is 2. The van der Waals surface area contributed by atoms with E-state index in [4.69, 9.17) is 23.2 Å². The lowest BCUT2D eigenvalue weighted by Gasteiger charge is -2.24. The fourth-order valence-corrected chi connectivity index (χ4v) is 7.32. The molecule has 1 aliphatic heterocycles. The van der Waals surface area contributed by atoms with Crippen LogP contribution in [0.3, 0.4) is 0 Å². The number of nitrogens with zero attached hydrogens (tertiary/aromatic N) is 3. The number of benzene rings is 3. The van der Waals surface area contributed by atoms with Crippen LogP contribution in [0.25, 0.3) is 5.76 Å². The molecular weight excluding hydrogens is 613 g/mol. The molecule has 1 fully saturated rings. The van der Waals surface area contributed by atoms with Crippen molar-refractivity contribution >= 4 is 72.6 Å². The van der Waals surface area contributed by atoms with Gasteiger partial charge in [0.1, 0.15) is 9.97 Å². The molecule has 1 aliphatic rings. The van der Waals surface area contributed by atoms with E-state index in [1.165, 1.54) is 18.2 Å². The number of hydrogen-bond acceptors (Lipinski definition) is 9. The molecule has 2 heterocycles. The molecule has 0 aliphatic carbocycles. The number of ketones is 1. The van der Waals surface area contributed by atoms with Gasteiger partial charge >= 0.3 is 5.91 Å². The smallest absolute Gasteiger partial charge is 0.301 e. The average molecular weight is 630 g/mol. The first-order chi connectivity index (χ1) is 19.4. The molecular formula is C27H17Cl2N3O7S2. The minimum Gasteiger partial charge on any atom is -0.507 e. The monoisotopic (exact) mass is 629 g/mol. The van der Waals surface area contributed by atoms with Crippen LogP contribution in [0.5, 0.6) is 0 Å². The second-order valence-electron chi connectivity index (χ2n) is 8.92. The standard InChI is InChI=1S/C27H17Cl2N3O7S2/c1-14-2-4-15(5-3-14)24(33)22-23(19-11-6-16(28)12-20(19)29)31(26(35)25(22)34)27-30-13-21(40-27)41(38,39)18-9-7-17(8-10-18)32(36)37/h2-13,23,33H,1H3/b24-22-. The predicted molar refractivity (Wildman–Crippen MR) is 153 cm³/mol. The number of aromatic nitrogens is 1. The summed E-state index contributed by atoms with van der Waals surface area (Å²) < 4.78 is 26.2. The SMILES string of the molecule is Cc1ccc(/C(O)=C2/C(=O)C(=O)N(c3ncc(S(=O)(=O)c4ccc([N+](=O)[O-])cc4)s3)C2c2ccc(Cl)cc2Cl)cc1. The van der Waals surface area contributed by atoms with E-state index in [2.05, 4.69) is 4.98 Å². The van der Waals surface area contributed by atoms with Gasteiger partial charge in [0.25, 0.3) is 11.5 Å². The second kappa shape index (κ2) is 10.7. The molecule has 1 aromatic heterocycles. The molecule has 1 atom stereocenters. The molecule has 1 N–H and O–H groups in total. The molecule has 41 heavy (non-hydrogen) atoms. The maximum Gasteiger partial charge on any atom is 0.301 e. The fraction of sp³-hybridized carbons (Fsp3) is 0.0741. The van der Waals surface area contributed by atoms with Crippen LogP contribution in [0.4, 0.5) is 10.8 Å². The van der Waals surface area contributed by atoms with Crippen LogP contribution < -0.4 is 4.90 Å². The van der Waals surface area contributed by atoms with Gasteiger partial charge in [-0.3, -0.25) is 24.6 Å². The summed E-state index contributed by atoms with van der Waals surface area (Å²) in [5, 5.41) is 22.4. The molecule has 0 spiro atoms. The predicted octanol–water partition coefficient (Wildman–Crippen LogP) is 6.13. The number of sulfone groups is 1. The van der Waals surface area contributed by atoms with Gasteiger partial charge in [0.2, 0.25) is 9.84 Å². The Balaban J connectivity index is 1.65. The van der Waals surface area contributed by atoms with Gasteiger partial charge in [-0.2, -0.15) is 0 Å². The molecule has 5 rings (SSSR count). The Bertz CT molecular complexity index is 1870. The highest BCUT2D eigenvalue weighted by Gasteiger charge is 2.49. The van der Waals surface area contributed by atoms with Gasteiger partial charge in [0, 0.05) is 27.7 Å². The number of hydrogen-bond donors (Lipinski definition) is 1. The van der Waals surface area contributed by atoms with Crippen molar-refractivity contribution in [1.29, 1.82) is 0 Å². The van der Waals surface area contributed by atoms with Crippen molar-refractivity contribution in [3.05, 3.63) is 115 Å². The number of carbonyl (C=O) groups is 2. The molecule has 3 aromatic carbocycles. The van der Waals surface area contributed by atoms with E-state index >= 15 is 0 Å². The lowest BCUT2D eigenvalue weighted by molar-refractivity contribution is -0.384. The van der Waals surface area contributed by atoms with Crippen molar-refractivity contribution in [3.63, 3.8) is 0 Å². The number of amides is 1. The fourth-order valence-electron chi connectivity index (χ4n) is 4.26. The molecule has 1 unspecified atom stereocenters. The summed E-state index contributed by atoms with van der Waals surface area (Å²) in [4.78, 5) is 42.0. The first-order valence-corrected chi connectivity index (χ1v) is 14.7. The van der Waals surface area contributed by atoms with Crippen molar-refractivity contribution in [2.24, 2.45) is 0 Å². The van der Waals surface area contributed by atoms with Gasteiger partial charge in [-0.05, 0) is 36.8 Å². The van der Waals surface area contributed by atoms with E-state index < -0.39 is 38.3 Å². The van der Waals surface area contributed by atoms with Crippen molar-refractivity contribution in [2.75, 3.05) is 4.90 Å². The largest absolute Gasteiger partial charge is 0.507 e. The topological polar surface area (TPSA) is 148 Å². The molecule has 0 radical (unpaired) electrons. The molecule has 4 aromatic rings. The average Bonchev–Trinajstić information content (AvgIpc) is 3.52. The number of aliphatic hydroxyl groups is 1. The van der Waals surface area contributed by atoms with Gasteiger partial charge in [-0.15, -0.1) is 0 Å². The van der Waals surface area contributed by atoms with Crippen LogP contribution in [0.2, 0.25) is 10.0 Å². The van der Waals surface area contributed by atoms with E-state index in [1.54, 1.807) is 24.3 Å². The Labute approximate surface area is 247 Å². The maximum absolute atomic E-state index is 13.4. The zero-order valence-electron chi connectivity index (χ0n) is 20.8. The molecule has 1 saturated heterocycles. The molecule has 208 valence electrons. The summed E-state index contributed by atoms with van der Waals surface area (Å²) >= 11 is 13.2. The molecule has 0 saturated carbocycles. The van der Waals surface area contributed by atoms with Crippen LogP contribution in [-0.2, 0) is 19.4 Å². The van der Waals surface area contributed by atoms with Gasteiger partial charge in [0.05, 0.1) is 27.6 Å². The Morgan fingerprint density at radius 3 is 2.32 bits per heavy atom.